The fourth-order valence-corrected chi connectivity index (χ4v) is 3.90. The van der Waals surface area contributed by atoms with E-state index in [-0.39, 0.29) is 53.5 Å². The number of esters is 1. The molecule has 0 aromatic rings. The SMILES string of the molecule is C/C=C/C=C\C=C/C(O)C(C)C(CCC(C)C1OC(=O)C=CC1C)OP(=O)(O)O.[Na+]. The second-order valence-corrected chi connectivity index (χ2v) is 8.65. The molecular weight excluding hydrogens is 418 g/mol. The summed E-state index contributed by atoms with van der Waals surface area (Å²) in [6.07, 6.45) is 12.4. The van der Waals surface area contributed by atoms with Crippen molar-refractivity contribution in [3.05, 3.63) is 48.6 Å². The van der Waals surface area contributed by atoms with Gasteiger partial charge in [-0.15, -0.1) is 0 Å². The molecule has 0 saturated heterocycles. The Morgan fingerprint density at radius 3 is 2.43 bits per heavy atom. The van der Waals surface area contributed by atoms with Crippen molar-refractivity contribution in [1.29, 1.82) is 0 Å². The predicted octanol–water partition coefficient (Wildman–Crippen LogP) is 0.688. The molecule has 0 aromatic heterocycles. The number of aliphatic hydroxyl groups is 1. The van der Waals surface area contributed by atoms with Crippen molar-refractivity contribution in [3.63, 3.8) is 0 Å². The van der Waals surface area contributed by atoms with E-state index in [1.165, 1.54) is 6.08 Å². The molecule has 6 atom stereocenters. The van der Waals surface area contributed by atoms with E-state index in [0.717, 1.165) is 0 Å². The minimum absolute atomic E-state index is 0. The third-order valence-corrected chi connectivity index (χ3v) is 5.55. The van der Waals surface area contributed by atoms with E-state index in [0.29, 0.717) is 12.8 Å². The first-order chi connectivity index (χ1) is 13.5. The van der Waals surface area contributed by atoms with Crippen molar-refractivity contribution in [2.75, 3.05) is 0 Å². The number of carbonyl (C=O) groups excluding carboxylic acids is 1. The van der Waals surface area contributed by atoms with Crippen molar-refractivity contribution < 1.29 is 63.1 Å². The number of rotatable bonds is 11. The minimum Gasteiger partial charge on any atom is -0.458 e. The molecule has 3 N–H and O–H groups in total. The van der Waals surface area contributed by atoms with E-state index >= 15 is 0 Å². The third-order valence-electron chi connectivity index (χ3n) is 5.01. The zero-order valence-corrected chi connectivity index (χ0v) is 21.3. The molecule has 1 heterocycles. The quantitative estimate of drug-likeness (QED) is 0.183. The number of phosphoric ester groups is 1. The van der Waals surface area contributed by atoms with Crippen LogP contribution in [0.15, 0.2) is 48.6 Å². The Morgan fingerprint density at radius 2 is 1.83 bits per heavy atom. The van der Waals surface area contributed by atoms with Crippen molar-refractivity contribution in [2.45, 2.75) is 58.8 Å². The number of hydrogen-bond donors (Lipinski definition) is 3. The predicted molar refractivity (Wildman–Crippen MR) is 112 cm³/mol. The zero-order chi connectivity index (χ0) is 22.0. The van der Waals surface area contributed by atoms with E-state index in [4.69, 9.17) is 9.26 Å². The molecule has 1 aliphatic rings. The van der Waals surface area contributed by atoms with Crippen LogP contribution in [0, 0.1) is 17.8 Å². The Balaban J connectivity index is 0.00000841. The summed E-state index contributed by atoms with van der Waals surface area (Å²) >= 11 is 0. The van der Waals surface area contributed by atoms with Gasteiger partial charge in [0.25, 0.3) is 0 Å². The molecule has 0 fully saturated rings. The van der Waals surface area contributed by atoms with E-state index in [2.05, 4.69) is 0 Å². The molecular formula is C21H33NaO7P+. The molecule has 0 aliphatic carbocycles. The topological polar surface area (TPSA) is 113 Å². The first-order valence-electron chi connectivity index (χ1n) is 9.82. The van der Waals surface area contributed by atoms with Gasteiger partial charge in [-0.2, -0.15) is 0 Å². The number of aliphatic hydroxyl groups excluding tert-OH is 1. The average molecular weight is 451 g/mol. The molecule has 164 valence electrons. The standard InChI is InChI=1S/C21H33O7P.Na/c1-5-6-7-8-9-10-18(22)17(4)19(28-29(24,25)26)13-11-15(2)21-16(3)12-14-20(23)27-21;/h5-10,12,14-19,21-22H,11,13H2,1-4H3,(H2,24,25,26);/q;+1/b6-5+,8-7-,10-9-;. The Labute approximate surface area is 201 Å². The Kier molecular flexibility index (Phi) is 14.3. The van der Waals surface area contributed by atoms with Gasteiger partial charge >= 0.3 is 43.3 Å². The summed E-state index contributed by atoms with van der Waals surface area (Å²) in [4.78, 5) is 30.1. The largest absolute Gasteiger partial charge is 1.00 e. The van der Waals surface area contributed by atoms with Gasteiger partial charge in [-0.25, -0.2) is 9.36 Å². The van der Waals surface area contributed by atoms with E-state index < -0.39 is 25.9 Å². The van der Waals surface area contributed by atoms with Gasteiger partial charge in [-0.05, 0) is 25.7 Å². The molecule has 6 unspecified atom stereocenters. The first-order valence-corrected chi connectivity index (χ1v) is 11.3. The maximum atomic E-state index is 11.5. The monoisotopic (exact) mass is 451 g/mol. The molecule has 0 aromatic carbocycles. The molecule has 1 aliphatic heterocycles. The fraction of sp³-hybridized carbons (Fsp3) is 0.571. The van der Waals surface area contributed by atoms with Gasteiger partial charge in [0, 0.05) is 17.9 Å². The molecule has 0 bridgehead atoms. The van der Waals surface area contributed by atoms with Crippen LogP contribution in [-0.4, -0.2) is 39.2 Å². The van der Waals surface area contributed by atoms with Crippen molar-refractivity contribution in [2.24, 2.45) is 17.8 Å². The normalized spacial score (nSPS) is 24.0. The van der Waals surface area contributed by atoms with Crippen LogP contribution in [0.2, 0.25) is 0 Å². The van der Waals surface area contributed by atoms with Gasteiger partial charge in [-0.3, -0.25) is 4.52 Å². The Morgan fingerprint density at radius 1 is 1.20 bits per heavy atom. The number of ether oxygens (including phenoxy) is 1. The maximum absolute atomic E-state index is 11.5. The average Bonchev–Trinajstić information content (AvgIpc) is 2.64. The molecule has 1 rings (SSSR count). The van der Waals surface area contributed by atoms with Crippen LogP contribution >= 0.6 is 7.82 Å². The van der Waals surface area contributed by atoms with E-state index in [1.54, 1.807) is 37.3 Å². The number of cyclic esters (lactones) is 1. The summed E-state index contributed by atoms with van der Waals surface area (Å²) < 4.78 is 21.8. The fourth-order valence-electron chi connectivity index (χ4n) is 3.25. The number of hydrogen-bond acceptors (Lipinski definition) is 5. The van der Waals surface area contributed by atoms with Crippen LogP contribution in [0.25, 0.3) is 0 Å². The smallest absolute Gasteiger partial charge is 0.458 e. The first kappa shape index (κ1) is 29.5. The maximum Gasteiger partial charge on any atom is 1.00 e. The summed E-state index contributed by atoms with van der Waals surface area (Å²) in [6, 6.07) is 0. The van der Waals surface area contributed by atoms with Gasteiger partial charge in [0.05, 0.1) is 12.2 Å². The van der Waals surface area contributed by atoms with Gasteiger partial charge in [-0.1, -0.05) is 63.3 Å². The van der Waals surface area contributed by atoms with Gasteiger partial charge in [0.1, 0.15) is 6.10 Å². The molecule has 30 heavy (non-hydrogen) atoms. The van der Waals surface area contributed by atoms with Crippen molar-refractivity contribution in [1.82, 2.24) is 0 Å². The zero-order valence-electron chi connectivity index (χ0n) is 18.4. The summed E-state index contributed by atoms with van der Waals surface area (Å²) in [5, 5.41) is 10.4. The van der Waals surface area contributed by atoms with Gasteiger partial charge in [0.15, 0.2) is 0 Å². The number of phosphoric acid groups is 1. The summed E-state index contributed by atoms with van der Waals surface area (Å²) in [5.41, 5.74) is 0. The van der Waals surface area contributed by atoms with E-state index in [1.807, 2.05) is 32.9 Å². The molecule has 7 nitrogen and oxygen atoms in total. The van der Waals surface area contributed by atoms with Crippen LogP contribution in [-0.2, 0) is 18.6 Å². The molecule has 9 heteroatoms. The number of carbonyl (C=O) groups is 1. The molecule has 0 saturated carbocycles. The van der Waals surface area contributed by atoms with Crippen LogP contribution in [0.5, 0.6) is 0 Å². The minimum atomic E-state index is -4.73. The second-order valence-electron chi connectivity index (χ2n) is 7.45. The van der Waals surface area contributed by atoms with Crippen LogP contribution < -0.4 is 29.6 Å². The van der Waals surface area contributed by atoms with Crippen molar-refractivity contribution in [3.8, 4) is 0 Å². The summed E-state index contributed by atoms with van der Waals surface area (Å²) in [7, 11) is -4.73. The van der Waals surface area contributed by atoms with E-state index in [9.17, 15) is 24.3 Å². The molecule has 0 spiro atoms. The summed E-state index contributed by atoms with van der Waals surface area (Å²) in [5.74, 6) is -0.917. The third kappa shape index (κ3) is 11.2. The molecule has 0 amide bonds. The second kappa shape index (κ2) is 14.5. The Bertz CT molecular complexity index is 683. The summed E-state index contributed by atoms with van der Waals surface area (Å²) in [6.45, 7) is 7.45. The van der Waals surface area contributed by atoms with Crippen molar-refractivity contribution >= 4 is 13.8 Å². The van der Waals surface area contributed by atoms with Crippen LogP contribution in [0.1, 0.15) is 40.5 Å². The van der Waals surface area contributed by atoms with Crippen LogP contribution in [0.3, 0.4) is 0 Å². The van der Waals surface area contributed by atoms with Gasteiger partial charge < -0.3 is 19.6 Å². The van der Waals surface area contributed by atoms with Gasteiger partial charge in [0.2, 0.25) is 0 Å². The molecule has 0 radical (unpaired) electrons. The van der Waals surface area contributed by atoms with Crippen LogP contribution in [0.4, 0.5) is 0 Å². The number of allylic oxidation sites excluding steroid dienone is 5. The Hall–Kier alpha value is -0.500.